The van der Waals surface area contributed by atoms with Gasteiger partial charge in [-0.3, -0.25) is 4.79 Å². The van der Waals surface area contributed by atoms with E-state index >= 15 is 0 Å². The molecule has 1 N–H and O–H groups in total. The van der Waals surface area contributed by atoms with E-state index in [4.69, 9.17) is 0 Å². The van der Waals surface area contributed by atoms with Gasteiger partial charge in [0.1, 0.15) is 0 Å². The molecule has 0 atom stereocenters. The number of anilines is 1. The lowest BCUT2D eigenvalue weighted by Gasteiger charge is -2.19. The molecule has 0 aliphatic carbocycles. The van der Waals surface area contributed by atoms with Crippen LogP contribution in [0.5, 0.6) is 0 Å². The van der Waals surface area contributed by atoms with Crippen molar-refractivity contribution in [1.29, 1.82) is 0 Å². The minimum atomic E-state index is -0.0911. The molecule has 1 radical (unpaired) electrons. The molecule has 2 heteroatoms. The Morgan fingerprint density at radius 3 is 2.11 bits per heavy atom. The van der Waals surface area contributed by atoms with Crippen LogP contribution in [0.1, 0.15) is 36.7 Å². The first-order valence-electron chi connectivity index (χ1n) is 6.35. The smallest absolute Gasteiger partial charge is 0.255 e. The first-order chi connectivity index (χ1) is 8.97. The molecule has 0 heterocycles. The third kappa shape index (κ3) is 3.44. The van der Waals surface area contributed by atoms with E-state index in [0.29, 0.717) is 5.56 Å². The first kappa shape index (κ1) is 13.3. The van der Waals surface area contributed by atoms with Crippen molar-refractivity contribution in [1.82, 2.24) is 0 Å². The minimum Gasteiger partial charge on any atom is -0.322 e. The van der Waals surface area contributed by atoms with Crippen LogP contribution in [0.25, 0.3) is 0 Å². The maximum absolute atomic E-state index is 12.1. The van der Waals surface area contributed by atoms with Crippen LogP contribution in [-0.2, 0) is 5.41 Å². The van der Waals surface area contributed by atoms with Crippen LogP contribution in [0.2, 0.25) is 0 Å². The number of amides is 1. The Morgan fingerprint density at radius 1 is 1.00 bits per heavy atom. The summed E-state index contributed by atoms with van der Waals surface area (Å²) in [6.07, 6.45) is 0. The number of carbonyl (C=O) groups is 1. The quantitative estimate of drug-likeness (QED) is 0.858. The molecule has 0 bridgehead atoms. The Balaban J connectivity index is 2.12. The van der Waals surface area contributed by atoms with Gasteiger partial charge in [-0.2, -0.15) is 0 Å². The van der Waals surface area contributed by atoms with E-state index in [-0.39, 0.29) is 11.3 Å². The monoisotopic (exact) mass is 252 g/mol. The average molecular weight is 252 g/mol. The van der Waals surface area contributed by atoms with E-state index in [1.54, 1.807) is 12.1 Å². The van der Waals surface area contributed by atoms with E-state index in [0.717, 1.165) is 5.69 Å². The van der Waals surface area contributed by atoms with Crippen LogP contribution in [0.15, 0.2) is 48.5 Å². The highest BCUT2D eigenvalue weighted by atomic mass is 16.1. The lowest BCUT2D eigenvalue weighted by Crippen LogP contribution is -2.14. The Kier molecular flexibility index (Phi) is 3.70. The summed E-state index contributed by atoms with van der Waals surface area (Å²) < 4.78 is 0. The number of nitrogens with one attached hydrogen (secondary N) is 1. The van der Waals surface area contributed by atoms with Gasteiger partial charge in [-0.15, -0.1) is 0 Å². The van der Waals surface area contributed by atoms with Gasteiger partial charge in [-0.05, 0) is 41.3 Å². The van der Waals surface area contributed by atoms with Gasteiger partial charge in [-0.25, -0.2) is 0 Å². The highest BCUT2D eigenvalue weighted by Crippen LogP contribution is 2.22. The van der Waals surface area contributed by atoms with Crippen molar-refractivity contribution < 1.29 is 4.79 Å². The Bertz CT molecular complexity index is 550. The predicted molar refractivity (Wildman–Crippen MR) is 78.4 cm³/mol. The molecule has 0 saturated carbocycles. The zero-order valence-electron chi connectivity index (χ0n) is 11.5. The molecule has 2 nitrogen and oxygen atoms in total. The molecule has 0 fully saturated rings. The second-order valence-electron chi connectivity index (χ2n) is 5.57. The molecular formula is C17H18NO. The fourth-order valence-corrected chi connectivity index (χ4v) is 1.80. The molecule has 0 saturated heterocycles. The van der Waals surface area contributed by atoms with Gasteiger partial charge in [0.2, 0.25) is 0 Å². The highest BCUT2D eigenvalue weighted by Gasteiger charge is 2.14. The Hall–Kier alpha value is -2.09. The van der Waals surface area contributed by atoms with Crippen LogP contribution in [-0.4, -0.2) is 5.91 Å². The summed E-state index contributed by atoms with van der Waals surface area (Å²) >= 11 is 0. The van der Waals surface area contributed by atoms with Gasteiger partial charge >= 0.3 is 0 Å². The van der Waals surface area contributed by atoms with Crippen molar-refractivity contribution in [2.24, 2.45) is 0 Å². The summed E-state index contributed by atoms with van der Waals surface area (Å²) in [5.41, 5.74) is 2.77. The van der Waals surface area contributed by atoms with E-state index in [2.05, 4.69) is 32.2 Å². The molecule has 97 valence electrons. The van der Waals surface area contributed by atoms with E-state index in [1.807, 2.05) is 36.4 Å². The van der Waals surface area contributed by atoms with Gasteiger partial charge in [0.05, 0.1) is 0 Å². The SMILES string of the molecule is CC(C)(C)c1ccc(C(=O)Nc2cc[c]cc2)cc1. The molecule has 0 aliphatic heterocycles. The summed E-state index contributed by atoms with van der Waals surface area (Å²) in [4.78, 5) is 12.1. The van der Waals surface area contributed by atoms with Gasteiger partial charge < -0.3 is 5.32 Å². The van der Waals surface area contributed by atoms with Crippen LogP contribution < -0.4 is 5.32 Å². The number of benzene rings is 2. The third-order valence-electron chi connectivity index (χ3n) is 2.99. The van der Waals surface area contributed by atoms with Gasteiger partial charge in [0.25, 0.3) is 5.91 Å². The minimum absolute atomic E-state index is 0.0911. The van der Waals surface area contributed by atoms with E-state index < -0.39 is 0 Å². The summed E-state index contributed by atoms with van der Waals surface area (Å²) in [5, 5.41) is 2.86. The molecule has 0 spiro atoms. The van der Waals surface area contributed by atoms with Gasteiger partial charge in [-0.1, -0.05) is 45.0 Å². The summed E-state index contributed by atoms with van der Waals surface area (Å²) in [7, 11) is 0. The standard InChI is InChI=1S/C17H18NO/c1-17(2,3)14-11-9-13(10-12-14)16(19)18-15-7-5-4-6-8-15/h5-12H,1-3H3,(H,18,19). The average Bonchev–Trinajstić information content (AvgIpc) is 2.39. The lowest BCUT2D eigenvalue weighted by molar-refractivity contribution is 0.102. The van der Waals surface area contributed by atoms with Crippen molar-refractivity contribution in [3.05, 3.63) is 65.7 Å². The fraction of sp³-hybridized carbons (Fsp3) is 0.235. The van der Waals surface area contributed by atoms with Crippen LogP contribution >= 0.6 is 0 Å². The second-order valence-corrected chi connectivity index (χ2v) is 5.57. The zero-order chi connectivity index (χ0) is 13.9. The molecule has 2 aromatic rings. The first-order valence-corrected chi connectivity index (χ1v) is 6.35. The number of rotatable bonds is 2. The van der Waals surface area contributed by atoms with Crippen molar-refractivity contribution in [2.45, 2.75) is 26.2 Å². The van der Waals surface area contributed by atoms with Gasteiger partial charge in [0.15, 0.2) is 0 Å². The van der Waals surface area contributed by atoms with Gasteiger partial charge in [0, 0.05) is 11.3 Å². The molecule has 0 unspecified atom stereocenters. The zero-order valence-corrected chi connectivity index (χ0v) is 11.5. The Morgan fingerprint density at radius 2 is 1.58 bits per heavy atom. The predicted octanol–water partition coefficient (Wildman–Crippen LogP) is 4.04. The largest absolute Gasteiger partial charge is 0.322 e. The molecule has 19 heavy (non-hydrogen) atoms. The Labute approximate surface area is 114 Å². The topological polar surface area (TPSA) is 29.1 Å². The highest BCUT2D eigenvalue weighted by molar-refractivity contribution is 6.04. The number of carbonyl (C=O) groups excluding carboxylic acids is 1. The molecule has 0 aliphatic rings. The normalized spacial score (nSPS) is 11.1. The van der Waals surface area contributed by atoms with Crippen molar-refractivity contribution in [2.75, 3.05) is 5.32 Å². The van der Waals surface area contributed by atoms with Crippen molar-refractivity contribution in [3.8, 4) is 0 Å². The third-order valence-corrected chi connectivity index (χ3v) is 2.99. The van der Waals surface area contributed by atoms with Crippen molar-refractivity contribution in [3.63, 3.8) is 0 Å². The van der Waals surface area contributed by atoms with Crippen LogP contribution in [0.3, 0.4) is 0 Å². The molecule has 1 amide bonds. The maximum atomic E-state index is 12.1. The van der Waals surface area contributed by atoms with Crippen molar-refractivity contribution >= 4 is 11.6 Å². The molecule has 0 aromatic heterocycles. The van der Waals surface area contributed by atoms with E-state index in [9.17, 15) is 4.79 Å². The molecular weight excluding hydrogens is 234 g/mol. The van der Waals surface area contributed by atoms with Crippen LogP contribution in [0.4, 0.5) is 5.69 Å². The van der Waals surface area contributed by atoms with E-state index in [1.165, 1.54) is 5.56 Å². The summed E-state index contributed by atoms with van der Waals surface area (Å²) in [6, 6.07) is 17.9. The second kappa shape index (κ2) is 5.27. The van der Waals surface area contributed by atoms with Crippen LogP contribution in [0, 0.1) is 6.07 Å². The lowest BCUT2D eigenvalue weighted by atomic mass is 9.87. The molecule has 2 rings (SSSR count). The fourth-order valence-electron chi connectivity index (χ4n) is 1.80. The number of hydrogen-bond donors (Lipinski definition) is 1. The molecule has 2 aromatic carbocycles. The summed E-state index contributed by atoms with van der Waals surface area (Å²) in [5.74, 6) is -0.0911. The summed E-state index contributed by atoms with van der Waals surface area (Å²) in [6.45, 7) is 6.47. The number of hydrogen-bond acceptors (Lipinski definition) is 1. The maximum Gasteiger partial charge on any atom is 0.255 e.